The molecule has 0 saturated heterocycles. The van der Waals surface area contributed by atoms with Crippen molar-refractivity contribution in [3.05, 3.63) is 68.3 Å². The number of anilines is 2. The summed E-state index contributed by atoms with van der Waals surface area (Å²) < 4.78 is 43.2. The number of nitrogen functional groups attached to an aromatic ring is 1. The van der Waals surface area contributed by atoms with Crippen LogP contribution >= 0.6 is 27.7 Å². The number of carbonyl (C=O) groups is 1. The average Bonchev–Trinajstić information content (AvgIpc) is 3.09. The number of nitrogens with one attached hydrogen (secondary N) is 2. The van der Waals surface area contributed by atoms with Crippen LogP contribution in [0.4, 0.5) is 24.7 Å². The van der Waals surface area contributed by atoms with Gasteiger partial charge in [0.1, 0.15) is 0 Å². The number of amides is 1. The van der Waals surface area contributed by atoms with Crippen LogP contribution in [0.15, 0.2) is 55.4 Å². The van der Waals surface area contributed by atoms with Gasteiger partial charge in [-0.25, -0.2) is 4.98 Å². The third-order valence-corrected chi connectivity index (χ3v) is 4.99. The van der Waals surface area contributed by atoms with E-state index in [-0.39, 0.29) is 28.2 Å². The van der Waals surface area contributed by atoms with E-state index in [0.717, 1.165) is 23.9 Å². The van der Waals surface area contributed by atoms with E-state index >= 15 is 0 Å². The number of halogens is 4. The van der Waals surface area contributed by atoms with Gasteiger partial charge in [0.05, 0.1) is 5.56 Å². The van der Waals surface area contributed by atoms with Crippen molar-refractivity contribution in [1.82, 2.24) is 9.97 Å². The van der Waals surface area contributed by atoms with Gasteiger partial charge in [0, 0.05) is 5.75 Å². The molecule has 0 saturated carbocycles. The van der Waals surface area contributed by atoms with Crippen LogP contribution in [0, 0.1) is 0 Å². The van der Waals surface area contributed by atoms with Gasteiger partial charge in [0.15, 0.2) is 27.1 Å². The molecule has 0 bridgehead atoms. The lowest BCUT2D eigenvalue weighted by Crippen LogP contribution is -2.22. The molecular weight excluding hydrogens is 477 g/mol. The summed E-state index contributed by atoms with van der Waals surface area (Å²) in [6, 6.07) is 7.56. The van der Waals surface area contributed by atoms with Gasteiger partial charge in [-0.2, -0.15) is 13.2 Å². The van der Waals surface area contributed by atoms with Crippen LogP contribution in [0.25, 0.3) is 0 Å². The van der Waals surface area contributed by atoms with Crippen LogP contribution in [-0.2, 0) is 11.9 Å². The molecule has 0 fully saturated rings. The quantitative estimate of drug-likeness (QED) is 0.365. The molecule has 152 valence electrons. The number of thioether (sulfide) groups is 1. The molecule has 0 aliphatic carbocycles. The number of hydrogen-bond acceptors (Lipinski definition) is 6. The third-order valence-electron chi connectivity index (χ3n) is 3.62. The Kier molecular flexibility index (Phi) is 6.03. The van der Waals surface area contributed by atoms with E-state index < -0.39 is 23.2 Å². The molecule has 0 aliphatic heterocycles. The van der Waals surface area contributed by atoms with Gasteiger partial charge in [-0.1, -0.05) is 23.9 Å². The Hall–Kier alpha value is -2.73. The van der Waals surface area contributed by atoms with E-state index in [1.807, 2.05) is 0 Å². The van der Waals surface area contributed by atoms with Crippen molar-refractivity contribution in [2.75, 3.05) is 11.1 Å². The topological polar surface area (TPSA) is 114 Å². The van der Waals surface area contributed by atoms with Crippen molar-refractivity contribution >= 4 is 45.1 Å². The lowest BCUT2D eigenvalue weighted by Gasteiger charge is -2.09. The molecule has 0 aliphatic rings. The fraction of sp³-hybridized carbons (Fsp3) is 0.118. The number of hydrogen-bond donors (Lipinski definition) is 3. The second-order valence-electron chi connectivity index (χ2n) is 5.67. The van der Waals surface area contributed by atoms with E-state index in [4.69, 9.17) is 10.2 Å². The Morgan fingerprint density at radius 1 is 1.24 bits per heavy atom. The molecule has 1 amide bonds. The van der Waals surface area contributed by atoms with Crippen molar-refractivity contribution in [2.45, 2.75) is 17.1 Å². The van der Waals surface area contributed by atoms with E-state index in [2.05, 4.69) is 31.2 Å². The minimum atomic E-state index is -4.40. The summed E-state index contributed by atoms with van der Waals surface area (Å²) in [6.07, 6.45) is -4.40. The SMILES string of the molecule is Nc1nc(SCc2ccc(C(F)(F)F)cc2)[nH]c(=O)c1NC(=O)c1ccc(Br)o1. The highest BCUT2D eigenvalue weighted by Crippen LogP contribution is 2.30. The van der Waals surface area contributed by atoms with Crippen LogP contribution in [0.2, 0.25) is 0 Å². The van der Waals surface area contributed by atoms with Gasteiger partial charge in [0.25, 0.3) is 11.5 Å². The zero-order chi connectivity index (χ0) is 21.2. The van der Waals surface area contributed by atoms with Crippen LogP contribution in [-0.4, -0.2) is 15.9 Å². The van der Waals surface area contributed by atoms with Gasteiger partial charge in [-0.3, -0.25) is 14.6 Å². The first-order valence-corrected chi connectivity index (χ1v) is 9.67. The largest absolute Gasteiger partial charge is 0.444 e. The smallest absolute Gasteiger partial charge is 0.416 e. The summed E-state index contributed by atoms with van der Waals surface area (Å²) in [6.45, 7) is 0. The Bertz CT molecular complexity index is 1100. The summed E-state index contributed by atoms with van der Waals surface area (Å²) in [4.78, 5) is 30.8. The molecule has 0 unspecified atom stereocenters. The third kappa shape index (κ3) is 5.21. The molecule has 3 rings (SSSR count). The molecule has 3 aromatic rings. The molecule has 12 heteroatoms. The molecule has 1 aromatic carbocycles. The zero-order valence-electron chi connectivity index (χ0n) is 14.3. The molecule has 0 atom stereocenters. The van der Waals surface area contributed by atoms with Gasteiger partial charge in [-0.05, 0) is 45.8 Å². The highest BCUT2D eigenvalue weighted by atomic mass is 79.9. The molecule has 7 nitrogen and oxygen atoms in total. The summed E-state index contributed by atoms with van der Waals surface area (Å²) in [5, 5.41) is 2.49. The van der Waals surface area contributed by atoms with E-state index in [1.165, 1.54) is 24.3 Å². The molecular formula is C17H12BrF3N4O3S. The maximum Gasteiger partial charge on any atom is 0.416 e. The number of benzene rings is 1. The highest BCUT2D eigenvalue weighted by Gasteiger charge is 2.29. The summed E-state index contributed by atoms with van der Waals surface area (Å²) in [7, 11) is 0. The van der Waals surface area contributed by atoms with Crippen molar-refractivity contribution in [3.63, 3.8) is 0 Å². The first-order chi connectivity index (χ1) is 13.6. The Labute approximate surface area is 174 Å². The van der Waals surface area contributed by atoms with Crippen molar-refractivity contribution < 1.29 is 22.4 Å². The fourth-order valence-corrected chi connectivity index (χ4v) is 3.34. The first-order valence-electron chi connectivity index (χ1n) is 7.89. The lowest BCUT2D eigenvalue weighted by atomic mass is 10.1. The number of rotatable bonds is 5. The predicted octanol–water partition coefficient (Wildman–Crippen LogP) is 4.27. The summed E-state index contributed by atoms with van der Waals surface area (Å²) in [5.41, 5.74) is 4.71. The second kappa shape index (κ2) is 8.33. The minimum Gasteiger partial charge on any atom is -0.444 e. The molecule has 2 aromatic heterocycles. The number of H-pyrrole nitrogens is 1. The van der Waals surface area contributed by atoms with E-state index in [9.17, 15) is 22.8 Å². The van der Waals surface area contributed by atoms with Crippen LogP contribution in [0.1, 0.15) is 21.7 Å². The minimum absolute atomic E-state index is 0.0311. The Morgan fingerprint density at radius 2 is 1.93 bits per heavy atom. The molecule has 0 spiro atoms. The highest BCUT2D eigenvalue weighted by molar-refractivity contribution is 9.10. The molecule has 29 heavy (non-hydrogen) atoms. The average molecular weight is 489 g/mol. The van der Waals surface area contributed by atoms with E-state index in [1.54, 1.807) is 0 Å². The van der Waals surface area contributed by atoms with Gasteiger partial charge < -0.3 is 15.5 Å². The van der Waals surface area contributed by atoms with Crippen LogP contribution in [0.3, 0.4) is 0 Å². The second-order valence-corrected chi connectivity index (χ2v) is 7.42. The standard InChI is InChI=1S/C17H12BrF3N4O3S/c18-11-6-5-10(28-11)14(26)23-12-13(22)24-16(25-15(12)27)29-7-8-1-3-9(4-2-8)17(19,20)21/h1-6H,7H2,(H,23,26)(H3,22,24,25,27). The summed E-state index contributed by atoms with van der Waals surface area (Å²) in [5.74, 6) is -0.661. The molecule has 4 N–H and O–H groups in total. The van der Waals surface area contributed by atoms with Crippen LogP contribution < -0.4 is 16.6 Å². The monoisotopic (exact) mass is 488 g/mol. The van der Waals surface area contributed by atoms with Crippen LogP contribution in [0.5, 0.6) is 0 Å². The molecule has 2 heterocycles. The number of furan rings is 1. The number of nitrogens with zero attached hydrogens (tertiary/aromatic N) is 1. The van der Waals surface area contributed by atoms with Crippen molar-refractivity contribution in [2.24, 2.45) is 0 Å². The number of nitrogens with two attached hydrogens (primary N) is 1. The van der Waals surface area contributed by atoms with E-state index in [0.29, 0.717) is 10.2 Å². The summed E-state index contributed by atoms with van der Waals surface area (Å²) >= 11 is 4.14. The molecule has 0 radical (unpaired) electrons. The van der Waals surface area contributed by atoms with Crippen molar-refractivity contribution in [3.8, 4) is 0 Å². The lowest BCUT2D eigenvalue weighted by molar-refractivity contribution is -0.137. The van der Waals surface area contributed by atoms with Gasteiger partial charge in [0.2, 0.25) is 0 Å². The predicted molar refractivity (Wildman–Crippen MR) is 105 cm³/mol. The number of alkyl halides is 3. The first kappa shape index (κ1) is 21.0. The number of aromatic amines is 1. The van der Waals surface area contributed by atoms with Crippen molar-refractivity contribution in [1.29, 1.82) is 0 Å². The van der Waals surface area contributed by atoms with Gasteiger partial charge in [-0.15, -0.1) is 0 Å². The Balaban J connectivity index is 1.69. The number of carbonyl (C=O) groups excluding carboxylic acids is 1. The maximum absolute atomic E-state index is 12.6. The zero-order valence-corrected chi connectivity index (χ0v) is 16.7. The fourth-order valence-electron chi connectivity index (χ4n) is 2.21. The van der Waals surface area contributed by atoms with Gasteiger partial charge >= 0.3 is 6.18 Å². The normalized spacial score (nSPS) is 11.4. The number of aromatic nitrogens is 2. The Morgan fingerprint density at radius 3 is 2.48 bits per heavy atom. The maximum atomic E-state index is 12.6.